The standard InChI is InChI=1S/C14H20ClN3O2/c15-13-8-11(3-4-12(13)14(16)17-20)18-6-1-2-10(9-18)5-7-19/h3-4,8,10,19-20H,1-2,5-7,9H2,(H2,16,17). The van der Waals surface area contributed by atoms with Crippen LogP contribution in [0.4, 0.5) is 5.69 Å². The van der Waals surface area contributed by atoms with Gasteiger partial charge in [0.05, 0.1) is 5.02 Å². The molecule has 0 saturated carbocycles. The Balaban J connectivity index is 2.15. The highest BCUT2D eigenvalue weighted by Gasteiger charge is 2.20. The number of hydrogen-bond donors (Lipinski definition) is 3. The van der Waals surface area contributed by atoms with Crippen LogP contribution >= 0.6 is 11.6 Å². The fraction of sp³-hybridized carbons (Fsp3) is 0.500. The SMILES string of the molecule is N/C(=N/O)c1ccc(N2CCCC(CCO)C2)cc1Cl. The lowest BCUT2D eigenvalue weighted by atomic mass is 9.94. The lowest BCUT2D eigenvalue weighted by molar-refractivity contribution is 0.244. The Morgan fingerprint density at radius 2 is 2.30 bits per heavy atom. The van der Waals surface area contributed by atoms with Crippen molar-refractivity contribution in [3.63, 3.8) is 0 Å². The molecule has 0 spiro atoms. The molecule has 1 atom stereocenters. The van der Waals surface area contributed by atoms with E-state index in [0.29, 0.717) is 16.5 Å². The molecular weight excluding hydrogens is 278 g/mol. The largest absolute Gasteiger partial charge is 0.409 e. The molecule has 6 heteroatoms. The topological polar surface area (TPSA) is 82.1 Å². The summed E-state index contributed by atoms with van der Waals surface area (Å²) in [4.78, 5) is 2.27. The average molecular weight is 298 g/mol. The summed E-state index contributed by atoms with van der Waals surface area (Å²) in [5, 5.41) is 21.2. The van der Waals surface area contributed by atoms with E-state index < -0.39 is 0 Å². The van der Waals surface area contributed by atoms with Crippen LogP contribution in [-0.2, 0) is 0 Å². The van der Waals surface area contributed by atoms with E-state index in [-0.39, 0.29) is 12.4 Å². The molecule has 1 unspecified atom stereocenters. The molecule has 110 valence electrons. The molecule has 1 aliphatic rings. The molecule has 0 aliphatic carbocycles. The van der Waals surface area contributed by atoms with E-state index in [1.54, 1.807) is 6.07 Å². The lowest BCUT2D eigenvalue weighted by Gasteiger charge is -2.34. The Hall–Kier alpha value is -1.46. The van der Waals surface area contributed by atoms with Crippen molar-refractivity contribution >= 4 is 23.1 Å². The number of anilines is 1. The predicted molar refractivity (Wildman–Crippen MR) is 80.6 cm³/mol. The summed E-state index contributed by atoms with van der Waals surface area (Å²) >= 11 is 6.18. The first-order chi connectivity index (χ1) is 9.65. The summed E-state index contributed by atoms with van der Waals surface area (Å²) in [5.74, 6) is 0.537. The molecule has 1 aromatic rings. The predicted octanol–water partition coefficient (Wildman–Crippen LogP) is 2.03. The van der Waals surface area contributed by atoms with Crippen LogP contribution in [0.3, 0.4) is 0 Å². The van der Waals surface area contributed by atoms with Crippen molar-refractivity contribution in [3.05, 3.63) is 28.8 Å². The zero-order valence-corrected chi connectivity index (χ0v) is 12.1. The smallest absolute Gasteiger partial charge is 0.171 e. The number of nitrogens with zero attached hydrogens (tertiary/aromatic N) is 2. The summed E-state index contributed by atoms with van der Waals surface area (Å²) in [6.45, 7) is 2.16. The lowest BCUT2D eigenvalue weighted by Crippen LogP contribution is -2.35. The van der Waals surface area contributed by atoms with E-state index in [1.807, 2.05) is 12.1 Å². The summed E-state index contributed by atoms with van der Waals surface area (Å²) in [5.41, 5.74) is 7.12. The van der Waals surface area contributed by atoms with Gasteiger partial charge in [0.1, 0.15) is 0 Å². The third-order valence-corrected chi connectivity index (χ3v) is 4.07. The number of aliphatic hydroxyl groups is 1. The number of aliphatic hydroxyl groups excluding tert-OH is 1. The molecule has 0 aromatic heterocycles. The van der Waals surface area contributed by atoms with Gasteiger partial charge in [0.15, 0.2) is 5.84 Å². The van der Waals surface area contributed by atoms with Crippen LogP contribution in [0.25, 0.3) is 0 Å². The molecule has 5 nitrogen and oxygen atoms in total. The van der Waals surface area contributed by atoms with Crippen molar-refractivity contribution in [2.24, 2.45) is 16.8 Å². The number of oxime groups is 1. The zero-order valence-electron chi connectivity index (χ0n) is 11.3. The summed E-state index contributed by atoms with van der Waals surface area (Å²) < 4.78 is 0. The maximum Gasteiger partial charge on any atom is 0.171 e. The van der Waals surface area contributed by atoms with E-state index in [9.17, 15) is 0 Å². The minimum Gasteiger partial charge on any atom is -0.409 e. The molecule has 1 fully saturated rings. The van der Waals surface area contributed by atoms with Crippen LogP contribution in [0, 0.1) is 5.92 Å². The highest BCUT2D eigenvalue weighted by atomic mass is 35.5. The monoisotopic (exact) mass is 297 g/mol. The number of rotatable bonds is 4. The number of nitrogens with two attached hydrogens (primary N) is 1. The first kappa shape index (κ1) is 14.9. The second kappa shape index (κ2) is 6.81. The highest BCUT2D eigenvalue weighted by molar-refractivity contribution is 6.34. The number of hydrogen-bond acceptors (Lipinski definition) is 4. The first-order valence-corrected chi connectivity index (χ1v) is 7.16. The normalized spacial score (nSPS) is 20.2. The van der Waals surface area contributed by atoms with Crippen molar-refractivity contribution in [2.45, 2.75) is 19.3 Å². The van der Waals surface area contributed by atoms with Gasteiger partial charge in [0.25, 0.3) is 0 Å². The van der Waals surface area contributed by atoms with Crippen molar-refractivity contribution in [1.82, 2.24) is 0 Å². The fourth-order valence-corrected chi connectivity index (χ4v) is 2.95. The van der Waals surface area contributed by atoms with E-state index in [1.165, 1.54) is 0 Å². The molecule has 0 bridgehead atoms. The Labute approximate surface area is 123 Å². The van der Waals surface area contributed by atoms with Gasteiger partial charge in [-0.05, 0) is 43.4 Å². The molecule has 1 saturated heterocycles. The molecule has 2 rings (SSSR count). The third-order valence-electron chi connectivity index (χ3n) is 3.76. The molecule has 1 heterocycles. The van der Waals surface area contributed by atoms with Crippen LogP contribution < -0.4 is 10.6 Å². The summed E-state index contributed by atoms with van der Waals surface area (Å²) in [6.07, 6.45) is 3.11. The van der Waals surface area contributed by atoms with Gasteiger partial charge < -0.3 is 20.9 Å². The van der Waals surface area contributed by atoms with Gasteiger partial charge in [-0.3, -0.25) is 0 Å². The maximum atomic E-state index is 9.05. The molecule has 0 amide bonds. The number of amidine groups is 1. The van der Waals surface area contributed by atoms with Gasteiger partial charge in [0, 0.05) is 30.9 Å². The van der Waals surface area contributed by atoms with Gasteiger partial charge in [0.2, 0.25) is 0 Å². The molecular formula is C14H20ClN3O2. The van der Waals surface area contributed by atoms with Gasteiger partial charge in [-0.15, -0.1) is 0 Å². The Morgan fingerprint density at radius 1 is 1.50 bits per heavy atom. The fourth-order valence-electron chi connectivity index (χ4n) is 2.68. The number of halogens is 1. The summed E-state index contributed by atoms with van der Waals surface area (Å²) in [7, 11) is 0. The minimum absolute atomic E-state index is 0.0124. The quantitative estimate of drug-likeness (QED) is 0.344. The van der Waals surface area contributed by atoms with Gasteiger partial charge in [-0.1, -0.05) is 16.8 Å². The molecule has 1 aromatic carbocycles. The van der Waals surface area contributed by atoms with E-state index in [0.717, 1.165) is 38.0 Å². The van der Waals surface area contributed by atoms with Crippen molar-refractivity contribution in [3.8, 4) is 0 Å². The molecule has 1 aliphatic heterocycles. The van der Waals surface area contributed by atoms with E-state index in [4.69, 9.17) is 27.6 Å². The summed E-state index contributed by atoms with van der Waals surface area (Å²) in [6, 6.07) is 5.54. The van der Waals surface area contributed by atoms with Gasteiger partial charge in [-0.2, -0.15) is 0 Å². The first-order valence-electron chi connectivity index (χ1n) is 6.79. The van der Waals surface area contributed by atoms with Crippen LogP contribution in [0.5, 0.6) is 0 Å². The molecule has 0 radical (unpaired) electrons. The number of piperidine rings is 1. The third kappa shape index (κ3) is 3.35. The highest BCUT2D eigenvalue weighted by Crippen LogP contribution is 2.28. The van der Waals surface area contributed by atoms with Crippen molar-refractivity contribution < 1.29 is 10.3 Å². The van der Waals surface area contributed by atoms with Crippen molar-refractivity contribution in [2.75, 3.05) is 24.6 Å². The molecule has 20 heavy (non-hydrogen) atoms. The zero-order chi connectivity index (χ0) is 14.5. The Morgan fingerprint density at radius 3 is 2.95 bits per heavy atom. The second-order valence-corrected chi connectivity index (χ2v) is 5.52. The Bertz CT molecular complexity index is 491. The van der Waals surface area contributed by atoms with Crippen molar-refractivity contribution in [1.29, 1.82) is 0 Å². The maximum absolute atomic E-state index is 9.05. The average Bonchev–Trinajstić information content (AvgIpc) is 2.47. The van der Waals surface area contributed by atoms with Crippen LogP contribution in [0.1, 0.15) is 24.8 Å². The number of benzene rings is 1. The molecule has 4 N–H and O–H groups in total. The van der Waals surface area contributed by atoms with Gasteiger partial charge >= 0.3 is 0 Å². The van der Waals surface area contributed by atoms with Crippen LogP contribution in [-0.4, -0.2) is 35.8 Å². The minimum atomic E-state index is 0.0124. The van der Waals surface area contributed by atoms with Gasteiger partial charge in [-0.25, -0.2) is 0 Å². The van der Waals surface area contributed by atoms with Crippen LogP contribution in [0.2, 0.25) is 5.02 Å². The van der Waals surface area contributed by atoms with E-state index >= 15 is 0 Å². The second-order valence-electron chi connectivity index (χ2n) is 5.12. The van der Waals surface area contributed by atoms with Crippen LogP contribution in [0.15, 0.2) is 23.4 Å². The van der Waals surface area contributed by atoms with E-state index in [2.05, 4.69) is 10.1 Å². The Kier molecular flexibility index (Phi) is 5.09.